The van der Waals surface area contributed by atoms with Crippen LogP contribution in [0, 0.1) is 5.92 Å². The zero-order valence-corrected chi connectivity index (χ0v) is 17.1. The first-order valence-corrected chi connectivity index (χ1v) is 10.4. The number of rotatable bonds is 5. The summed E-state index contributed by atoms with van der Waals surface area (Å²) in [5, 5.41) is 3.34. The molecule has 0 spiro atoms. The van der Waals surface area contributed by atoms with Gasteiger partial charge in [0.25, 0.3) is 0 Å². The van der Waals surface area contributed by atoms with Crippen molar-refractivity contribution in [3.8, 4) is 0 Å². The first-order chi connectivity index (χ1) is 12.9. The lowest BCUT2D eigenvalue weighted by molar-refractivity contribution is -0.135. The molecule has 0 saturated carbocycles. The number of halogens is 1. The van der Waals surface area contributed by atoms with Gasteiger partial charge in [-0.1, -0.05) is 31.5 Å². The van der Waals surface area contributed by atoms with E-state index in [2.05, 4.69) is 24.1 Å². The highest BCUT2D eigenvalue weighted by Crippen LogP contribution is 2.23. The van der Waals surface area contributed by atoms with Gasteiger partial charge in [0.1, 0.15) is 11.7 Å². The monoisotopic (exact) mass is 406 g/mol. The minimum Gasteiger partial charge on any atom is -0.352 e. The summed E-state index contributed by atoms with van der Waals surface area (Å²) in [5.41, 5.74) is 1.35. The molecule has 2 amide bonds. The van der Waals surface area contributed by atoms with E-state index in [4.69, 9.17) is 11.6 Å². The molecule has 1 saturated heterocycles. The molecule has 0 radical (unpaired) electrons. The van der Waals surface area contributed by atoms with Crippen LogP contribution in [0.4, 0.5) is 0 Å². The maximum Gasteiger partial charge on any atom is 0.248 e. The zero-order chi connectivity index (χ0) is 19.6. The molecule has 1 aliphatic rings. The summed E-state index contributed by atoms with van der Waals surface area (Å²) in [6.45, 7) is 6.09. The number of amides is 2. The lowest BCUT2D eigenvalue weighted by Crippen LogP contribution is -2.50. The van der Waals surface area contributed by atoms with Gasteiger partial charge in [-0.15, -0.1) is 11.8 Å². The topological polar surface area (TPSA) is 66.7 Å². The summed E-state index contributed by atoms with van der Waals surface area (Å²) in [6.07, 6.45) is 4.95. The van der Waals surface area contributed by atoms with Crippen LogP contribution in [0.2, 0.25) is 5.15 Å². The summed E-state index contributed by atoms with van der Waals surface area (Å²) in [4.78, 5) is 31.1. The second-order valence-corrected chi connectivity index (χ2v) is 8.27. The zero-order valence-electron chi connectivity index (χ0n) is 15.6. The number of carbonyl (C=O) groups excluding carboxylic acids is 2. The van der Waals surface area contributed by atoms with Crippen molar-refractivity contribution < 1.29 is 9.59 Å². The van der Waals surface area contributed by atoms with Crippen molar-refractivity contribution in [3.63, 3.8) is 0 Å². The Morgan fingerprint density at radius 1 is 1.37 bits per heavy atom. The van der Waals surface area contributed by atoms with Crippen LogP contribution < -0.4 is 5.32 Å². The summed E-state index contributed by atoms with van der Waals surface area (Å²) in [7, 11) is 0. The smallest absolute Gasteiger partial charge is 0.248 e. The summed E-state index contributed by atoms with van der Waals surface area (Å²) in [6, 6.07) is 5.20. The van der Waals surface area contributed by atoms with Crippen LogP contribution in [0.1, 0.15) is 26.5 Å². The normalized spacial score (nSPS) is 18.6. The Balaban J connectivity index is 1.73. The van der Waals surface area contributed by atoms with Gasteiger partial charge in [0.2, 0.25) is 11.8 Å². The van der Waals surface area contributed by atoms with Gasteiger partial charge >= 0.3 is 0 Å². The Labute approximate surface area is 168 Å². The van der Waals surface area contributed by atoms with E-state index >= 15 is 0 Å². The van der Waals surface area contributed by atoms with Crippen LogP contribution in [-0.4, -0.2) is 49.8 Å². The number of thioether (sulfide) groups is 1. The molecule has 8 heteroatoms. The van der Waals surface area contributed by atoms with E-state index in [1.165, 1.54) is 6.08 Å². The Morgan fingerprint density at radius 3 is 2.89 bits per heavy atom. The Kier molecular flexibility index (Phi) is 6.11. The second-order valence-electron chi connectivity index (χ2n) is 6.92. The standard InChI is InChI=1S/C19H23ClN4O2S/c1-12(2)13(3)21-19(26)15-10-27-11-24(15)17(25)8-7-14-18(20)22-16-6-4-5-9-23(14)16/h4-9,12-13,15H,10-11H2,1-3H3,(H,21,26). The van der Waals surface area contributed by atoms with Crippen molar-refractivity contribution in [1.29, 1.82) is 0 Å². The summed E-state index contributed by atoms with van der Waals surface area (Å²) >= 11 is 7.78. The van der Waals surface area contributed by atoms with E-state index in [9.17, 15) is 9.59 Å². The molecule has 2 aromatic heterocycles. The number of carbonyl (C=O) groups is 2. The maximum atomic E-state index is 12.7. The maximum absolute atomic E-state index is 12.7. The van der Waals surface area contributed by atoms with E-state index in [1.54, 1.807) is 22.7 Å². The number of pyridine rings is 1. The number of fused-ring (bicyclic) bond motifs is 1. The molecular formula is C19H23ClN4O2S. The highest BCUT2D eigenvalue weighted by Gasteiger charge is 2.34. The number of hydrogen-bond acceptors (Lipinski definition) is 4. The van der Waals surface area contributed by atoms with Gasteiger partial charge in [-0.05, 0) is 31.1 Å². The Hall–Kier alpha value is -1.99. The van der Waals surface area contributed by atoms with Crippen LogP contribution in [0.3, 0.4) is 0 Å². The quantitative estimate of drug-likeness (QED) is 0.775. The van der Waals surface area contributed by atoms with Gasteiger partial charge in [-0.25, -0.2) is 4.98 Å². The van der Waals surface area contributed by atoms with Crippen LogP contribution in [-0.2, 0) is 9.59 Å². The van der Waals surface area contributed by atoms with Gasteiger partial charge in [0.05, 0.1) is 11.6 Å². The van der Waals surface area contributed by atoms with Crippen LogP contribution in [0.15, 0.2) is 30.5 Å². The van der Waals surface area contributed by atoms with Crippen molar-refractivity contribution >= 4 is 46.9 Å². The van der Waals surface area contributed by atoms with Crippen LogP contribution in [0.25, 0.3) is 11.7 Å². The third-order valence-corrected chi connectivity index (χ3v) is 6.03. The van der Waals surface area contributed by atoms with E-state index in [0.717, 1.165) is 0 Å². The average Bonchev–Trinajstić information content (AvgIpc) is 3.23. The molecule has 6 nitrogen and oxygen atoms in total. The lowest BCUT2D eigenvalue weighted by atomic mass is 10.1. The minimum absolute atomic E-state index is 0.0626. The molecule has 2 unspecified atom stereocenters. The molecule has 0 aliphatic carbocycles. The molecular weight excluding hydrogens is 384 g/mol. The molecule has 144 valence electrons. The predicted octanol–water partition coefficient (Wildman–Crippen LogP) is 3.06. The number of aromatic nitrogens is 2. The lowest BCUT2D eigenvalue weighted by Gasteiger charge is -2.25. The minimum atomic E-state index is -0.453. The largest absolute Gasteiger partial charge is 0.352 e. The Morgan fingerprint density at radius 2 is 2.15 bits per heavy atom. The van der Waals surface area contributed by atoms with Gasteiger partial charge < -0.3 is 10.2 Å². The van der Waals surface area contributed by atoms with Gasteiger partial charge in [-0.3, -0.25) is 14.0 Å². The molecule has 3 rings (SSSR count). The molecule has 27 heavy (non-hydrogen) atoms. The van der Waals surface area contributed by atoms with Crippen LogP contribution >= 0.6 is 23.4 Å². The highest BCUT2D eigenvalue weighted by atomic mass is 35.5. The molecule has 1 N–H and O–H groups in total. The highest BCUT2D eigenvalue weighted by molar-refractivity contribution is 7.99. The summed E-state index contributed by atoms with van der Waals surface area (Å²) in [5.74, 6) is 1.13. The fourth-order valence-electron chi connectivity index (χ4n) is 2.75. The van der Waals surface area contributed by atoms with Crippen molar-refractivity contribution in [1.82, 2.24) is 19.6 Å². The molecule has 1 aliphatic heterocycles. The summed E-state index contributed by atoms with van der Waals surface area (Å²) < 4.78 is 1.82. The molecule has 2 atom stereocenters. The predicted molar refractivity (Wildman–Crippen MR) is 110 cm³/mol. The van der Waals surface area contributed by atoms with E-state index in [-0.39, 0.29) is 17.9 Å². The molecule has 0 bridgehead atoms. The third kappa shape index (κ3) is 4.30. The number of imidazole rings is 1. The Bertz CT molecular complexity index is 880. The third-order valence-electron chi connectivity index (χ3n) is 4.74. The number of nitrogens with one attached hydrogen (secondary N) is 1. The SMILES string of the molecule is CC(C)C(C)NC(=O)C1CSCN1C(=O)C=Cc1c(Cl)nc2ccccn12. The van der Waals surface area contributed by atoms with Crippen LogP contribution in [0.5, 0.6) is 0 Å². The van der Waals surface area contributed by atoms with E-state index < -0.39 is 6.04 Å². The fraction of sp³-hybridized carbons (Fsp3) is 0.421. The van der Waals surface area contributed by atoms with Crippen molar-refractivity contribution in [2.45, 2.75) is 32.9 Å². The first kappa shape index (κ1) is 19.8. The van der Waals surface area contributed by atoms with Crippen molar-refractivity contribution in [2.24, 2.45) is 5.92 Å². The van der Waals surface area contributed by atoms with Gasteiger partial charge in [0, 0.05) is 24.1 Å². The second kappa shape index (κ2) is 8.35. The van der Waals surface area contributed by atoms with Gasteiger partial charge in [-0.2, -0.15) is 0 Å². The van der Waals surface area contributed by atoms with Crippen molar-refractivity contribution in [2.75, 3.05) is 11.6 Å². The fourth-order valence-corrected chi connectivity index (χ4v) is 4.15. The van der Waals surface area contributed by atoms with E-state index in [1.807, 2.05) is 35.7 Å². The van der Waals surface area contributed by atoms with Crippen molar-refractivity contribution in [3.05, 3.63) is 41.3 Å². The molecule has 0 aromatic carbocycles. The molecule has 1 fully saturated rings. The first-order valence-electron chi connectivity index (χ1n) is 8.88. The van der Waals surface area contributed by atoms with E-state index in [0.29, 0.717) is 34.0 Å². The van der Waals surface area contributed by atoms with Gasteiger partial charge in [0.15, 0.2) is 5.15 Å². The average molecular weight is 407 g/mol. The molecule has 2 aromatic rings. The number of nitrogens with zero attached hydrogens (tertiary/aromatic N) is 3. The molecule has 3 heterocycles. The number of hydrogen-bond donors (Lipinski definition) is 1.